The van der Waals surface area contributed by atoms with Crippen molar-refractivity contribution in [3.8, 4) is 0 Å². The molecule has 46 heavy (non-hydrogen) atoms. The molecule has 4 saturated heterocycles. The molecule has 0 radical (unpaired) electrons. The Morgan fingerprint density at radius 2 is 0.630 bits per heavy atom. The van der Waals surface area contributed by atoms with E-state index in [-0.39, 0.29) is 0 Å². The summed E-state index contributed by atoms with van der Waals surface area (Å²) in [6, 6.07) is 0. The predicted molar refractivity (Wildman–Crippen MR) is 137 cm³/mol. The fraction of sp³-hybridized carbons (Fsp3) is 1.00. The van der Waals surface area contributed by atoms with Crippen LogP contribution in [0.1, 0.15) is 0 Å². The third-order valence-electron chi connectivity index (χ3n) is 7.96. The molecule has 0 aromatic heterocycles. The standard InChI is InChI=1S/2C12H22O11/c2*13-1-3-5(15)6(16)9(19)12(22-3)23-10-4(2-14)21-11(20)8(18)7(10)17/h2*3-20H,1-2H2/t2*3-,4-,5-,6+,7-,8-,9-,10-,11-,12-/m11/s1. The van der Waals surface area contributed by atoms with Gasteiger partial charge < -0.3 is 110 Å². The van der Waals surface area contributed by atoms with Crippen molar-refractivity contribution in [3.63, 3.8) is 0 Å². The van der Waals surface area contributed by atoms with Crippen LogP contribution in [-0.4, -0.2) is 231 Å². The van der Waals surface area contributed by atoms with Gasteiger partial charge >= 0.3 is 0 Å². The molecule has 4 aliphatic heterocycles. The third kappa shape index (κ3) is 8.45. The van der Waals surface area contributed by atoms with Gasteiger partial charge in [0.1, 0.15) is 97.7 Å². The second-order valence-corrected chi connectivity index (χ2v) is 11.1. The molecule has 0 saturated carbocycles. The molecule has 16 N–H and O–H groups in total. The summed E-state index contributed by atoms with van der Waals surface area (Å²) < 4.78 is 30.5. The number of aliphatic hydroxyl groups is 16. The van der Waals surface area contributed by atoms with Crippen molar-refractivity contribution in [1.82, 2.24) is 0 Å². The molecule has 4 heterocycles. The summed E-state index contributed by atoms with van der Waals surface area (Å²) in [7, 11) is 0. The fourth-order valence-electron chi connectivity index (χ4n) is 5.14. The van der Waals surface area contributed by atoms with Crippen LogP contribution in [-0.2, 0) is 28.4 Å². The smallest absolute Gasteiger partial charge is 0.187 e. The maximum Gasteiger partial charge on any atom is 0.187 e. The summed E-state index contributed by atoms with van der Waals surface area (Å²) in [6.07, 6.45) is -31.1. The quantitative estimate of drug-likeness (QED) is 0.113. The monoisotopic (exact) mass is 684 g/mol. The molecular formula is C24H44O22. The first kappa shape index (κ1) is 39.6. The average Bonchev–Trinajstić information content (AvgIpc) is 3.05. The fourth-order valence-corrected chi connectivity index (χ4v) is 5.14. The molecule has 22 heteroatoms. The second-order valence-electron chi connectivity index (χ2n) is 11.1. The van der Waals surface area contributed by atoms with Crippen LogP contribution in [0.15, 0.2) is 0 Å². The number of ether oxygens (including phenoxy) is 6. The predicted octanol–water partition coefficient (Wildman–Crippen LogP) is -10.8. The molecule has 0 unspecified atom stereocenters. The van der Waals surface area contributed by atoms with Gasteiger partial charge in [-0.1, -0.05) is 0 Å². The molecule has 0 spiro atoms. The van der Waals surface area contributed by atoms with Crippen molar-refractivity contribution in [2.45, 2.75) is 123 Å². The van der Waals surface area contributed by atoms with Gasteiger partial charge in [0.15, 0.2) is 25.2 Å². The maximum atomic E-state index is 9.94. The van der Waals surface area contributed by atoms with E-state index in [0.29, 0.717) is 0 Å². The first-order chi connectivity index (χ1) is 21.6. The number of hydrogen-bond donors (Lipinski definition) is 16. The Kier molecular flexibility index (Phi) is 14.8. The van der Waals surface area contributed by atoms with Crippen molar-refractivity contribution >= 4 is 0 Å². The minimum absolute atomic E-state index is 0.667. The zero-order chi connectivity index (χ0) is 34.6. The van der Waals surface area contributed by atoms with Crippen LogP contribution in [0.25, 0.3) is 0 Å². The van der Waals surface area contributed by atoms with Gasteiger partial charge in [-0.05, 0) is 0 Å². The molecule has 20 atom stereocenters. The summed E-state index contributed by atoms with van der Waals surface area (Å²) in [5.74, 6) is 0. The van der Waals surface area contributed by atoms with E-state index in [1.165, 1.54) is 0 Å². The number of aliphatic hydroxyl groups excluding tert-OH is 16. The van der Waals surface area contributed by atoms with Crippen LogP contribution >= 0.6 is 0 Å². The minimum Gasteiger partial charge on any atom is -0.394 e. The SMILES string of the molecule is OC[C@H]1O[C@H](O[C@H]2[C@H](O)[C@@H](O)[C@H](O)O[C@@H]2CO)[C@H](O)[C@@H](O)[C@@H]1O.OC[C@H]1O[C@H](O[C@H]2[C@H](O)[C@@H](O)[C@H](O)O[C@@H]2CO)[C@H](O)[C@@H](O)[C@@H]1O. The number of hydrogen-bond acceptors (Lipinski definition) is 22. The molecule has 4 aliphatic rings. The van der Waals surface area contributed by atoms with Crippen LogP contribution in [0.4, 0.5) is 0 Å². The molecule has 22 nitrogen and oxygen atoms in total. The molecule has 4 rings (SSSR count). The van der Waals surface area contributed by atoms with E-state index in [1.54, 1.807) is 0 Å². The van der Waals surface area contributed by atoms with Crippen molar-refractivity contribution in [1.29, 1.82) is 0 Å². The Hall–Kier alpha value is -0.880. The Balaban J connectivity index is 0.000000250. The Bertz CT molecular complexity index is 826. The van der Waals surface area contributed by atoms with Gasteiger partial charge in [0.05, 0.1) is 26.4 Å². The summed E-state index contributed by atoms with van der Waals surface area (Å²) in [5.41, 5.74) is 0. The average molecular weight is 685 g/mol. The van der Waals surface area contributed by atoms with E-state index in [0.717, 1.165) is 0 Å². The van der Waals surface area contributed by atoms with Gasteiger partial charge in [0.2, 0.25) is 0 Å². The van der Waals surface area contributed by atoms with Crippen molar-refractivity contribution in [2.24, 2.45) is 0 Å². The maximum absolute atomic E-state index is 9.94. The van der Waals surface area contributed by atoms with Gasteiger partial charge in [-0.2, -0.15) is 0 Å². The molecule has 0 aliphatic carbocycles. The normalized spacial score (nSPS) is 51.7. The highest BCUT2D eigenvalue weighted by atomic mass is 16.7. The highest BCUT2D eigenvalue weighted by Crippen LogP contribution is 2.30. The number of rotatable bonds is 8. The van der Waals surface area contributed by atoms with Gasteiger partial charge in [0.25, 0.3) is 0 Å². The van der Waals surface area contributed by atoms with Crippen LogP contribution in [0.5, 0.6) is 0 Å². The third-order valence-corrected chi connectivity index (χ3v) is 7.96. The van der Waals surface area contributed by atoms with E-state index < -0.39 is 149 Å². The van der Waals surface area contributed by atoms with Crippen LogP contribution in [0.2, 0.25) is 0 Å². The molecule has 0 aromatic carbocycles. The van der Waals surface area contributed by atoms with Crippen LogP contribution in [0, 0.1) is 0 Å². The first-order valence-corrected chi connectivity index (χ1v) is 14.2. The molecule has 0 aromatic rings. The van der Waals surface area contributed by atoms with Gasteiger partial charge in [0, 0.05) is 0 Å². The summed E-state index contributed by atoms with van der Waals surface area (Å²) >= 11 is 0. The van der Waals surface area contributed by atoms with Crippen LogP contribution in [0.3, 0.4) is 0 Å². The van der Waals surface area contributed by atoms with E-state index >= 15 is 0 Å². The first-order valence-electron chi connectivity index (χ1n) is 14.2. The van der Waals surface area contributed by atoms with Gasteiger partial charge in [-0.25, -0.2) is 0 Å². The second kappa shape index (κ2) is 17.2. The molecule has 0 bridgehead atoms. The summed E-state index contributed by atoms with van der Waals surface area (Å²) in [4.78, 5) is 0. The lowest BCUT2D eigenvalue weighted by Gasteiger charge is -2.45. The Morgan fingerprint density at radius 3 is 0.913 bits per heavy atom. The zero-order valence-electron chi connectivity index (χ0n) is 24.0. The highest BCUT2D eigenvalue weighted by molar-refractivity contribution is 4.95. The van der Waals surface area contributed by atoms with E-state index in [2.05, 4.69) is 0 Å². The van der Waals surface area contributed by atoms with Gasteiger partial charge in [-0.3, -0.25) is 0 Å². The van der Waals surface area contributed by atoms with Crippen molar-refractivity contribution in [3.05, 3.63) is 0 Å². The molecular weight excluding hydrogens is 640 g/mol. The topological polar surface area (TPSA) is 379 Å². The summed E-state index contributed by atoms with van der Waals surface area (Å²) in [5, 5.41) is 153. The van der Waals surface area contributed by atoms with E-state index in [1.807, 2.05) is 0 Å². The van der Waals surface area contributed by atoms with E-state index in [4.69, 9.17) is 38.6 Å². The van der Waals surface area contributed by atoms with Crippen molar-refractivity contribution in [2.75, 3.05) is 26.4 Å². The van der Waals surface area contributed by atoms with Gasteiger partial charge in [-0.15, -0.1) is 0 Å². The molecule has 4 fully saturated rings. The molecule has 0 amide bonds. The van der Waals surface area contributed by atoms with E-state index in [9.17, 15) is 71.5 Å². The Labute approximate surface area is 260 Å². The lowest BCUT2D eigenvalue weighted by atomic mass is 9.97. The molecule has 272 valence electrons. The Morgan fingerprint density at radius 1 is 0.326 bits per heavy atom. The lowest BCUT2D eigenvalue weighted by Crippen LogP contribution is -2.64. The summed E-state index contributed by atoms with van der Waals surface area (Å²) in [6.45, 7) is -2.69. The minimum atomic E-state index is -1.74. The van der Waals surface area contributed by atoms with Crippen LogP contribution < -0.4 is 0 Å². The largest absolute Gasteiger partial charge is 0.394 e. The van der Waals surface area contributed by atoms with Crippen molar-refractivity contribution < 1.29 is 110 Å². The lowest BCUT2D eigenvalue weighted by molar-refractivity contribution is -0.355. The zero-order valence-corrected chi connectivity index (χ0v) is 24.0. The highest BCUT2D eigenvalue weighted by Gasteiger charge is 2.51.